The molecule has 1 saturated heterocycles. The van der Waals surface area contributed by atoms with Crippen molar-refractivity contribution in [3.63, 3.8) is 0 Å². The van der Waals surface area contributed by atoms with E-state index in [4.69, 9.17) is 10.2 Å². The number of nitrogens with two attached hydrogens (primary N) is 1. The van der Waals surface area contributed by atoms with E-state index in [1.165, 1.54) is 6.26 Å². The van der Waals surface area contributed by atoms with Crippen molar-refractivity contribution in [3.05, 3.63) is 53.7 Å². The first-order valence-corrected chi connectivity index (χ1v) is 9.85. The van der Waals surface area contributed by atoms with Crippen LogP contribution in [-0.4, -0.2) is 42.2 Å². The van der Waals surface area contributed by atoms with Crippen LogP contribution in [0.1, 0.15) is 34.6 Å². The van der Waals surface area contributed by atoms with Gasteiger partial charge in [0.05, 0.1) is 11.4 Å². The lowest BCUT2D eigenvalue weighted by atomic mass is 10.1. The number of aryl methyl sites for hydroxylation is 1. The summed E-state index contributed by atoms with van der Waals surface area (Å²) < 4.78 is 5.52. The summed E-state index contributed by atoms with van der Waals surface area (Å²) in [5.41, 5.74) is 11.0. The number of rotatable bonds is 5. The number of nitrogens with one attached hydrogen (secondary N) is 1. The van der Waals surface area contributed by atoms with Gasteiger partial charge in [-0.3, -0.25) is 14.8 Å². The summed E-state index contributed by atoms with van der Waals surface area (Å²) in [4.78, 5) is 27.7. The number of carbonyl (C=O) groups is 1. The normalized spacial score (nSPS) is 13.9. The van der Waals surface area contributed by atoms with Crippen LogP contribution in [0.15, 0.2) is 46.1 Å². The van der Waals surface area contributed by atoms with Gasteiger partial charge in [-0.15, -0.1) is 0 Å². The molecule has 1 aliphatic heterocycles. The van der Waals surface area contributed by atoms with Gasteiger partial charge >= 0.3 is 0 Å². The van der Waals surface area contributed by atoms with Gasteiger partial charge in [-0.2, -0.15) is 0 Å². The van der Waals surface area contributed by atoms with Crippen LogP contribution in [0.2, 0.25) is 0 Å². The molecule has 1 fully saturated rings. The van der Waals surface area contributed by atoms with Crippen molar-refractivity contribution in [2.24, 2.45) is 4.99 Å². The van der Waals surface area contributed by atoms with Gasteiger partial charge in [-0.25, -0.2) is 4.98 Å². The summed E-state index contributed by atoms with van der Waals surface area (Å²) in [6.07, 6.45) is 6.95. The van der Waals surface area contributed by atoms with Gasteiger partial charge in [-0.1, -0.05) is 0 Å². The Morgan fingerprint density at radius 1 is 1.30 bits per heavy atom. The first-order chi connectivity index (χ1) is 14.5. The number of aliphatic imine (C=N–C) groups is 1. The van der Waals surface area contributed by atoms with Gasteiger partial charge in [0.15, 0.2) is 5.69 Å². The fraction of sp³-hybridized carbons (Fsp3) is 0.273. The van der Waals surface area contributed by atoms with Crippen LogP contribution in [0.4, 0.5) is 17.1 Å². The molecule has 1 aromatic carbocycles. The fourth-order valence-electron chi connectivity index (χ4n) is 3.57. The largest absolute Gasteiger partial charge is 0.444 e. The third kappa shape index (κ3) is 4.03. The van der Waals surface area contributed by atoms with Gasteiger partial charge in [0.2, 0.25) is 5.89 Å². The number of hydrogen-bond donors (Lipinski definition) is 2. The highest BCUT2D eigenvalue weighted by atomic mass is 16.3. The third-order valence-electron chi connectivity index (χ3n) is 5.04. The zero-order valence-corrected chi connectivity index (χ0v) is 17.1. The van der Waals surface area contributed by atoms with Crippen LogP contribution in [0.25, 0.3) is 11.5 Å². The number of nitrogen functional groups attached to an aromatic ring is 1. The van der Waals surface area contributed by atoms with Gasteiger partial charge in [0.25, 0.3) is 5.91 Å². The molecule has 0 saturated carbocycles. The number of pyridine rings is 1. The van der Waals surface area contributed by atoms with Crippen molar-refractivity contribution >= 4 is 29.2 Å². The van der Waals surface area contributed by atoms with Crippen molar-refractivity contribution in [2.45, 2.75) is 19.8 Å². The maximum absolute atomic E-state index is 12.9. The molecular weight excluding hydrogens is 380 g/mol. The summed E-state index contributed by atoms with van der Waals surface area (Å²) in [6.45, 7) is 3.75. The summed E-state index contributed by atoms with van der Waals surface area (Å²) >= 11 is 0. The molecule has 0 aliphatic carbocycles. The average Bonchev–Trinajstić information content (AvgIpc) is 3.43. The Kier molecular flexibility index (Phi) is 5.47. The number of amides is 1. The lowest BCUT2D eigenvalue weighted by Crippen LogP contribution is -2.22. The summed E-state index contributed by atoms with van der Waals surface area (Å²) in [5.74, 6) is 0.0295. The van der Waals surface area contributed by atoms with Gasteiger partial charge in [0.1, 0.15) is 6.26 Å². The topological polar surface area (TPSA) is 110 Å². The molecule has 3 N–H and O–H groups in total. The van der Waals surface area contributed by atoms with E-state index in [1.807, 2.05) is 25.1 Å². The molecule has 1 aliphatic rings. The lowest BCUT2D eigenvalue weighted by molar-refractivity contribution is 0.102. The van der Waals surface area contributed by atoms with Gasteiger partial charge in [-0.05, 0) is 44.0 Å². The molecule has 3 aromatic rings. The highest BCUT2D eigenvalue weighted by molar-refractivity contribution is 6.06. The van der Waals surface area contributed by atoms with Crippen molar-refractivity contribution in [2.75, 3.05) is 36.1 Å². The van der Waals surface area contributed by atoms with E-state index < -0.39 is 0 Å². The standard InChI is InChI=1S/C22H24N6O2/c1-14-9-15(5-6-25-14)22-27-19(13-30-22)21(29)26-18-10-16(12-24-2)17(23)11-20(18)28-7-3-4-8-28/h5-6,9-13H,3-4,7-8,23H2,1-2H3,(H,26,29). The SMILES string of the molecule is CN=Cc1cc(NC(=O)c2coc(-c3ccnc(C)c3)n2)c(N2CCCC2)cc1N. The number of hydrogen-bond acceptors (Lipinski definition) is 7. The Morgan fingerprint density at radius 3 is 2.83 bits per heavy atom. The van der Waals surface area contributed by atoms with Gasteiger partial charge < -0.3 is 20.4 Å². The zero-order chi connectivity index (χ0) is 21.1. The molecule has 154 valence electrons. The third-order valence-corrected chi connectivity index (χ3v) is 5.04. The molecule has 2 aromatic heterocycles. The van der Waals surface area contributed by atoms with E-state index in [1.54, 1.807) is 25.5 Å². The molecule has 0 bridgehead atoms. The first-order valence-electron chi connectivity index (χ1n) is 9.85. The van der Waals surface area contributed by atoms with Crippen LogP contribution in [0.3, 0.4) is 0 Å². The number of benzene rings is 1. The highest BCUT2D eigenvalue weighted by Gasteiger charge is 2.21. The summed E-state index contributed by atoms with van der Waals surface area (Å²) in [5, 5.41) is 2.97. The predicted octanol–water partition coefficient (Wildman–Crippen LogP) is 3.53. The van der Waals surface area contributed by atoms with Crippen LogP contribution in [0, 0.1) is 6.92 Å². The minimum Gasteiger partial charge on any atom is -0.444 e. The molecule has 0 unspecified atom stereocenters. The Balaban J connectivity index is 1.63. The van der Waals surface area contributed by atoms with E-state index in [2.05, 4.69) is 25.2 Å². The van der Waals surface area contributed by atoms with Crippen molar-refractivity contribution < 1.29 is 9.21 Å². The number of oxazole rings is 1. The second kappa shape index (κ2) is 8.36. The van der Waals surface area contributed by atoms with Crippen LogP contribution >= 0.6 is 0 Å². The maximum atomic E-state index is 12.9. The Morgan fingerprint density at radius 2 is 2.10 bits per heavy atom. The smallest absolute Gasteiger partial charge is 0.277 e. The Bertz CT molecular complexity index is 1100. The Labute approximate surface area is 174 Å². The fourth-order valence-corrected chi connectivity index (χ4v) is 3.57. The van der Waals surface area contributed by atoms with Crippen molar-refractivity contribution in [3.8, 4) is 11.5 Å². The summed E-state index contributed by atoms with van der Waals surface area (Å²) in [7, 11) is 1.68. The van der Waals surface area contributed by atoms with Crippen molar-refractivity contribution in [1.82, 2.24) is 9.97 Å². The Hall–Kier alpha value is -3.68. The molecule has 30 heavy (non-hydrogen) atoms. The molecule has 1 amide bonds. The second-order valence-corrected chi connectivity index (χ2v) is 7.26. The monoisotopic (exact) mass is 404 g/mol. The average molecular weight is 404 g/mol. The predicted molar refractivity (Wildman–Crippen MR) is 118 cm³/mol. The maximum Gasteiger partial charge on any atom is 0.277 e. The molecule has 8 heteroatoms. The number of anilines is 3. The molecule has 0 atom stereocenters. The molecule has 8 nitrogen and oxygen atoms in total. The van der Waals surface area contributed by atoms with E-state index in [0.29, 0.717) is 17.3 Å². The second-order valence-electron chi connectivity index (χ2n) is 7.26. The molecule has 0 spiro atoms. The molecule has 4 rings (SSSR count). The quantitative estimate of drug-likeness (QED) is 0.497. The first kappa shape index (κ1) is 19.6. The van der Waals surface area contributed by atoms with Crippen LogP contribution in [0.5, 0.6) is 0 Å². The van der Waals surface area contributed by atoms with Crippen molar-refractivity contribution in [1.29, 1.82) is 0 Å². The van der Waals surface area contributed by atoms with Crippen LogP contribution < -0.4 is 16.0 Å². The van der Waals surface area contributed by atoms with E-state index in [-0.39, 0.29) is 11.6 Å². The number of nitrogens with zero attached hydrogens (tertiary/aromatic N) is 4. The molecular formula is C22H24N6O2. The zero-order valence-electron chi connectivity index (χ0n) is 17.1. The minimum absolute atomic E-state index is 0.203. The highest BCUT2D eigenvalue weighted by Crippen LogP contribution is 2.33. The minimum atomic E-state index is -0.347. The molecule has 0 radical (unpaired) electrons. The van der Waals surface area contributed by atoms with E-state index in [0.717, 1.165) is 48.4 Å². The van der Waals surface area contributed by atoms with Gasteiger partial charge in [0, 0.05) is 55.1 Å². The number of aromatic nitrogens is 2. The molecule has 3 heterocycles. The number of carbonyl (C=O) groups excluding carboxylic acids is 1. The van der Waals surface area contributed by atoms with Crippen LogP contribution in [-0.2, 0) is 0 Å². The van der Waals surface area contributed by atoms with E-state index in [9.17, 15) is 4.79 Å². The summed E-state index contributed by atoms with van der Waals surface area (Å²) in [6, 6.07) is 7.39. The van der Waals surface area contributed by atoms with E-state index >= 15 is 0 Å². The lowest BCUT2D eigenvalue weighted by Gasteiger charge is -2.23.